The van der Waals surface area contributed by atoms with Gasteiger partial charge in [0.2, 0.25) is 0 Å². The molecule has 3 heterocycles. The molecule has 0 radical (unpaired) electrons. The Morgan fingerprint density at radius 3 is 2.80 bits per heavy atom. The molecular formula is C13H21N5OS. The van der Waals surface area contributed by atoms with Crippen LogP contribution in [0.1, 0.15) is 12.1 Å². The van der Waals surface area contributed by atoms with Gasteiger partial charge in [0.1, 0.15) is 5.52 Å². The first-order valence-electron chi connectivity index (χ1n) is 7.09. The minimum absolute atomic E-state index is 0.790. The van der Waals surface area contributed by atoms with Crippen molar-refractivity contribution in [2.75, 3.05) is 32.8 Å². The van der Waals surface area contributed by atoms with Crippen LogP contribution < -0.4 is 0 Å². The number of imidazole rings is 1. The molecule has 0 spiro atoms. The fourth-order valence-corrected chi connectivity index (χ4v) is 3.14. The van der Waals surface area contributed by atoms with Crippen LogP contribution in [0.2, 0.25) is 0 Å². The van der Waals surface area contributed by atoms with Crippen LogP contribution in [-0.4, -0.2) is 57.1 Å². The van der Waals surface area contributed by atoms with Crippen molar-refractivity contribution < 1.29 is 4.74 Å². The van der Waals surface area contributed by atoms with E-state index in [0.717, 1.165) is 67.4 Å². The van der Waals surface area contributed by atoms with Crippen LogP contribution in [0.4, 0.5) is 0 Å². The van der Waals surface area contributed by atoms with Crippen molar-refractivity contribution >= 4 is 23.4 Å². The van der Waals surface area contributed by atoms with E-state index in [1.165, 1.54) is 0 Å². The number of hydrogen-bond donors (Lipinski definition) is 1. The lowest BCUT2D eigenvalue weighted by atomic mass is 10.3. The Bertz CT molecular complexity index is 650. The van der Waals surface area contributed by atoms with Gasteiger partial charge in [-0.05, 0) is 25.6 Å². The molecule has 0 amide bonds. The molecule has 0 bridgehead atoms. The number of rotatable bonds is 4. The van der Waals surface area contributed by atoms with Gasteiger partial charge in [-0.3, -0.25) is 9.58 Å². The summed E-state index contributed by atoms with van der Waals surface area (Å²) < 4.78 is 10.2. The van der Waals surface area contributed by atoms with Gasteiger partial charge in [0.15, 0.2) is 10.4 Å². The molecule has 2 aromatic rings. The van der Waals surface area contributed by atoms with E-state index in [1.807, 2.05) is 18.7 Å². The summed E-state index contributed by atoms with van der Waals surface area (Å²) in [7, 11) is 1.97. The van der Waals surface area contributed by atoms with Gasteiger partial charge in [-0.1, -0.05) is 0 Å². The average molecular weight is 295 g/mol. The minimum atomic E-state index is 0.790. The van der Waals surface area contributed by atoms with E-state index in [9.17, 15) is 0 Å². The molecule has 7 heteroatoms. The van der Waals surface area contributed by atoms with Crippen molar-refractivity contribution in [1.29, 1.82) is 0 Å². The van der Waals surface area contributed by atoms with Crippen molar-refractivity contribution in [1.82, 2.24) is 24.2 Å². The molecule has 1 aliphatic heterocycles. The SMILES string of the molecule is Cc1nn(C)c2c1[nH]c(=S)n2CCCN1CCOCC1. The molecule has 6 nitrogen and oxygen atoms in total. The highest BCUT2D eigenvalue weighted by Gasteiger charge is 2.13. The normalized spacial score (nSPS) is 17.1. The molecule has 0 aliphatic carbocycles. The van der Waals surface area contributed by atoms with Crippen molar-refractivity contribution in [2.45, 2.75) is 19.9 Å². The Morgan fingerprint density at radius 2 is 2.05 bits per heavy atom. The molecule has 20 heavy (non-hydrogen) atoms. The fourth-order valence-electron chi connectivity index (χ4n) is 2.86. The van der Waals surface area contributed by atoms with E-state index in [2.05, 4.69) is 19.5 Å². The van der Waals surface area contributed by atoms with Gasteiger partial charge in [0.25, 0.3) is 0 Å². The largest absolute Gasteiger partial charge is 0.379 e. The number of nitrogens with one attached hydrogen (secondary N) is 1. The molecular weight excluding hydrogens is 274 g/mol. The molecule has 0 saturated carbocycles. The molecule has 110 valence electrons. The van der Waals surface area contributed by atoms with E-state index in [0.29, 0.717) is 0 Å². The van der Waals surface area contributed by atoms with Gasteiger partial charge in [0.05, 0.1) is 18.9 Å². The van der Waals surface area contributed by atoms with E-state index < -0.39 is 0 Å². The van der Waals surface area contributed by atoms with Crippen molar-refractivity contribution in [3.8, 4) is 0 Å². The molecule has 3 rings (SSSR count). The first-order valence-corrected chi connectivity index (χ1v) is 7.50. The molecule has 0 atom stereocenters. The summed E-state index contributed by atoms with van der Waals surface area (Å²) in [5.41, 5.74) is 3.15. The summed E-state index contributed by atoms with van der Waals surface area (Å²) in [5.74, 6) is 0. The number of hydrogen-bond acceptors (Lipinski definition) is 4. The quantitative estimate of drug-likeness (QED) is 0.868. The standard InChI is InChI=1S/C13H21N5OS/c1-10-11-12(16(2)15-10)18(13(20)14-11)5-3-4-17-6-8-19-9-7-17/h3-9H2,1-2H3,(H,14,20). The topological polar surface area (TPSA) is 51.0 Å². The Balaban J connectivity index is 1.71. The zero-order valence-electron chi connectivity index (χ0n) is 12.1. The first-order chi connectivity index (χ1) is 9.66. The van der Waals surface area contributed by atoms with Crippen molar-refractivity contribution in [3.63, 3.8) is 0 Å². The number of aromatic nitrogens is 4. The maximum absolute atomic E-state index is 5.43. The minimum Gasteiger partial charge on any atom is -0.379 e. The first kappa shape index (κ1) is 13.8. The van der Waals surface area contributed by atoms with E-state index in [1.54, 1.807) is 0 Å². The Hall–Kier alpha value is -1.18. The number of nitrogens with zero attached hydrogens (tertiary/aromatic N) is 4. The Kier molecular flexibility index (Phi) is 3.91. The summed E-state index contributed by atoms with van der Waals surface area (Å²) >= 11 is 5.43. The van der Waals surface area contributed by atoms with Gasteiger partial charge in [-0.2, -0.15) is 5.10 Å². The summed E-state index contributed by atoms with van der Waals surface area (Å²) in [4.78, 5) is 5.72. The lowest BCUT2D eigenvalue weighted by Gasteiger charge is -2.26. The predicted molar refractivity (Wildman–Crippen MR) is 80.5 cm³/mol. The molecule has 0 aromatic carbocycles. The second-order valence-electron chi connectivity index (χ2n) is 5.30. The monoisotopic (exact) mass is 295 g/mol. The van der Waals surface area contributed by atoms with Crippen LogP contribution in [0.3, 0.4) is 0 Å². The predicted octanol–water partition coefficient (Wildman–Crippen LogP) is 1.46. The summed E-state index contributed by atoms with van der Waals surface area (Å²) in [6.07, 6.45) is 1.09. The third kappa shape index (κ3) is 2.53. The van der Waals surface area contributed by atoms with Crippen LogP contribution in [-0.2, 0) is 18.3 Å². The fraction of sp³-hybridized carbons (Fsp3) is 0.692. The maximum Gasteiger partial charge on any atom is 0.179 e. The van der Waals surface area contributed by atoms with Gasteiger partial charge in [0, 0.05) is 33.2 Å². The Morgan fingerprint density at radius 1 is 1.30 bits per heavy atom. The molecule has 0 unspecified atom stereocenters. The van der Waals surface area contributed by atoms with Crippen molar-refractivity contribution in [2.24, 2.45) is 7.05 Å². The summed E-state index contributed by atoms with van der Waals surface area (Å²) in [5, 5.41) is 4.44. The van der Waals surface area contributed by atoms with E-state index in [-0.39, 0.29) is 0 Å². The number of aromatic amines is 1. The van der Waals surface area contributed by atoms with Crippen LogP contribution >= 0.6 is 12.2 Å². The number of fused-ring (bicyclic) bond motifs is 1. The van der Waals surface area contributed by atoms with E-state index in [4.69, 9.17) is 17.0 Å². The second kappa shape index (κ2) is 5.67. The number of H-pyrrole nitrogens is 1. The average Bonchev–Trinajstić information content (AvgIpc) is 2.90. The van der Waals surface area contributed by atoms with Gasteiger partial charge in [-0.25, -0.2) is 0 Å². The van der Waals surface area contributed by atoms with Crippen LogP contribution in [0.5, 0.6) is 0 Å². The zero-order chi connectivity index (χ0) is 14.1. The molecule has 2 aromatic heterocycles. The molecule has 1 fully saturated rings. The van der Waals surface area contributed by atoms with E-state index >= 15 is 0 Å². The second-order valence-corrected chi connectivity index (χ2v) is 5.68. The number of ether oxygens (including phenoxy) is 1. The molecule has 1 saturated heterocycles. The number of aryl methyl sites for hydroxylation is 3. The lowest BCUT2D eigenvalue weighted by Crippen LogP contribution is -2.37. The van der Waals surface area contributed by atoms with Crippen LogP contribution in [0.15, 0.2) is 0 Å². The summed E-state index contributed by atoms with van der Waals surface area (Å²) in [6, 6.07) is 0. The Labute approximate surface area is 123 Å². The highest BCUT2D eigenvalue weighted by molar-refractivity contribution is 7.71. The van der Waals surface area contributed by atoms with Gasteiger partial charge in [-0.15, -0.1) is 0 Å². The number of morpholine rings is 1. The van der Waals surface area contributed by atoms with Crippen molar-refractivity contribution in [3.05, 3.63) is 10.5 Å². The van der Waals surface area contributed by atoms with Crippen LogP contribution in [0.25, 0.3) is 11.2 Å². The van der Waals surface area contributed by atoms with Gasteiger partial charge >= 0.3 is 0 Å². The maximum atomic E-state index is 5.43. The molecule has 1 aliphatic rings. The molecule has 1 N–H and O–H groups in total. The highest BCUT2D eigenvalue weighted by Crippen LogP contribution is 2.17. The van der Waals surface area contributed by atoms with Crippen LogP contribution in [0, 0.1) is 11.7 Å². The third-order valence-corrected chi connectivity index (χ3v) is 4.21. The smallest absolute Gasteiger partial charge is 0.179 e. The zero-order valence-corrected chi connectivity index (χ0v) is 12.9. The highest BCUT2D eigenvalue weighted by atomic mass is 32.1. The summed E-state index contributed by atoms with van der Waals surface area (Å²) in [6.45, 7) is 7.82. The third-order valence-electron chi connectivity index (χ3n) is 3.88. The van der Waals surface area contributed by atoms with Gasteiger partial charge < -0.3 is 14.3 Å². The lowest BCUT2D eigenvalue weighted by molar-refractivity contribution is 0.0369.